The van der Waals surface area contributed by atoms with Gasteiger partial charge >= 0.3 is 5.97 Å². The molecule has 0 saturated carbocycles. The van der Waals surface area contributed by atoms with Crippen molar-refractivity contribution >= 4 is 12.0 Å². The zero-order chi connectivity index (χ0) is 19.6. The fraction of sp³-hybridized carbons (Fsp3) is 0.318. The molecule has 0 heterocycles. The van der Waals surface area contributed by atoms with E-state index in [-0.39, 0.29) is 17.7 Å². The Labute approximate surface area is 158 Å². The smallest absolute Gasteiger partial charge is 0.333 e. The molecule has 0 radical (unpaired) electrons. The van der Waals surface area contributed by atoms with Gasteiger partial charge in [0.2, 0.25) is 0 Å². The number of benzene rings is 2. The van der Waals surface area contributed by atoms with Gasteiger partial charge in [0, 0.05) is 11.1 Å². The lowest BCUT2D eigenvalue weighted by Crippen LogP contribution is -2.07. The van der Waals surface area contributed by atoms with Crippen LogP contribution in [0.15, 0.2) is 48.0 Å². The van der Waals surface area contributed by atoms with E-state index < -0.39 is 23.4 Å². The molecule has 144 valence electrons. The third kappa shape index (κ3) is 6.20. The summed E-state index contributed by atoms with van der Waals surface area (Å²) in [4.78, 5) is 12.0. The van der Waals surface area contributed by atoms with Crippen molar-refractivity contribution in [3.05, 3.63) is 70.8 Å². The monoisotopic (exact) mass is 374 g/mol. The van der Waals surface area contributed by atoms with Crippen molar-refractivity contribution in [1.82, 2.24) is 0 Å². The van der Waals surface area contributed by atoms with Gasteiger partial charge in [0.15, 0.2) is 17.4 Å². The first-order valence-corrected chi connectivity index (χ1v) is 9.03. The Morgan fingerprint density at radius 1 is 1.07 bits per heavy atom. The first-order chi connectivity index (χ1) is 13.0. The molecule has 0 aliphatic carbocycles. The number of carbonyl (C=O) groups excluding carboxylic acids is 1. The van der Waals surface area contributed by atoms with E-state index in [0.717, 1.165) is 30.9 Å². The lowest BCUT2D eigenvalue weighted by Gasteiger charge is -2.11. The molecule has 0 unspecified atom stereocenters. The fourth-order valence-electron chi connectivity index (χ4n) is 2.44. The van der Waals surface area contributed by atoms with Crippen LogP contribution >= 0.6 is 0 Å². The van der Waals surface area contributed by atoms with Crippen LogP contribution in [0.2, 0.25) is 0 Å². The second-order valence-corrected chi connectivity index (χ2v) is 6.22. The predicted molar refractivity (Wildman–Crippen MR) is 101 cm³/mol. The summed E-state index contributed by atoms with van der Waals surface area (Å²) in [5.74, 6) is -2.61. The van der Waals surface area contributed by atoms with Crippen LogP contribution in [0.1, 0.15) is 44.2 Å². The lowest BCUT2D eigenvalue weighted by atomic mass is 10.1. The number of carbonyl (C=O) groups is 1. The lowest BCUT2D eigenvalue weighted by molar-refractivity contribution is -0.139. The van der Waals surface area contributed by atoms with E-state index >= 15 is 0 Å². The molecule has 0 fully saturated rings. The fourth-order valence-corrected chi connectivity index (χ4v) is 2.44. The molecule has 3 nitrogen and oxygen atoms in total. The van der Waals surface area contributed by atoms with Crippen LogP contribution in [-0.2, 0) is 16.1 Å². The molecule has 27 heavy (non-hydrogen) atoms. The number of unbranched alkanes of at least 4 members (excludes halogenated alkanes) is 2. The molecule has 2 aromatic carbocycles. The van der Waals surface area contributed by atoms with E-state index in [0.29, 0.717) is 6.61 Å². The van der Waals surface area contributed by atoms with Crippen molar-refractivity contribution in [3.63, 3.8) is 0 Å². The van der Waals surface area contributed by atoms with E-state index in [9.17, 15) is 13.6 Å². The summed E-state index contributed by atoms with van der Waals surface area (Å²) in [5.41, 5.74) is 1.11. The maximum Gasteiger partial charge on any atom is 0.333 e. The van der Waals surface area contributed by atoms with E-state index in [1.165, 1.54) is 19.1 Å². The largest absolute Gasteiger partial charge is 0.483 e. The minimum atomic E-state index is -0.843. The van der Waals surface area contributed by atoms with Crippen LogP contribution < -0.4 is 4.74 Å². The summed E-state index contributed by atoms with van der Waals surface area (Å²) in [7, 11) is 0. The van der Waals surface area contributed by atoms with Gasteiger partial charge < -0.3 is 9.47 Å². The van der Waals surface area contributed by atoms with Gasteiger partial charge in [0.25, 0.3) is 0 Å². The molecule has 0 amide bonds. The average molecular weight is 374 g/mol. The molecule has 2 aromatic rings. The quantitative estimate of drug-likeness (QED) is 0.322. The molecule has 0 spiro atoms. The Morgan fingerprint density at radius 2 is 1.81 bits per heavy atom. The van der Waals surface area contributed by atoms with Crippen molar-refractivity contribution in [1.29, 1.82) is 0 Å². The van der Waals surface area contributed by atoms with Crippen molar-refractivity contribution in [2.45, 2.75) is 39.7 Å². The van der Waals surface area contributed by atoms with Gasteiger partial charge in [-0.3, -0.25) is 0 Å². The van der Waals surface area contributed by atoms with E-state index in [4.69, 9.17) is 9.47 Å². The summed E-state index contributed by atoms with van der Waals surface area (Å²) >= 11 is 0. The molecule has 2 rings (SSSR count). The van der Waals surface area contributed by atoms with Gasteiger partial charge in [-0.15, -0.1) is 0 Å². The highest BCUT2D eigenvalue weighted by Crippen LogP contribution is 2.27. The Bertz CT molecular complexity index is 786. The number of hydrogen-bond donors (Lipinski definition) is 0. The topological polar surface area (TPSA) is 35.5 Å². The third-order valence-electron chi connectivity index (χ3n) is 3.98. The predicted octanol–water partition coefficient (Wildman–Crippen LogP) is 5.68. The van der Waals surface area contributed by atoms with E-state index in [2.05, 4.69) is 6.92 Å². The second-order valence-electron chi connectivity index (χ2n) is 6.22. The van der Waals surface area contributed by atoms with Crippen LogP contribution in [-0.4, -0.2) is 12.6 Å². The molecule has 5 heteroatoms. The van der Waals surface area contributed by atoms with Crippen LogP contribution in [0.25, 0.3) is 6.08 Å². The highest BCUT2D eigenvalue weighted by atomic mass is 19.1. The molecular weight excluding hydrogens is 350 g/mol. The van der Waals surface area contributed by atoms with Gasteiger partial charge in [-0.05, 0) is 37.1 Å². The molecule has 0 aliphatic rings. The highest BCUT2D eigenvalue weighted by molar-refractivity contribution is 5.93. The van der Waals surface area contributed by atoms with Crippen LogP contribution in [0.5, 0.6) is 5.75 Å². The van der Waals surface area contributed by atoms with Gasteiger partial charge in [-0.2, -0.15) is 0 Å². The zero-order valence-corrected chi connectivity index (χ0v) is 15.6. The van der Waals surface area contributed by atoms with Gasteiger partial charge in [0.05, 0.1) is 6.61 Å². The zero-order valence-electron chi connectivity index (χ0n) is 15.6. The minimum Gasteiger partial charge on any atom is -0.483 e. The standard InChI is InChI=1S/C22H24F2O3/c1-3-4-8-13-26-22(25)16(2)14-18-11-12-19(23)21(20(18)24)27-15-17-9-6-5-7-10-17/h5-7,9-12,14H,3-4,8,13,15H2,1-2H3. The van der Waals surface area contributed by atoms with E-state index in [1.54, 1.807) is 12.1 Å². The normalized spacial score (nSPS) is 11.3. The van der Waals surface area contributed by atoms with Crippen LogP contribution in [0, 0.1) is 11.6 Å². The highest BCUT2D eigenvalue weighted by Gasteiger charge is 2.16. The number of rotatable bonds is 9. The summed E-state index contributed by atoms with van der Waals surface area (Å²) < 4.78 is 39.1. The Balaban J connectivity index is 2.09. The molecule has 0 bridgehead atoms. The van der Waals surface area contributed by atoms with Crippen LogP contribution in [0.3, 0.4) is 0 Å². The molecule has 0 saturated heterocycles. The molecule has 0 aromatic heterocycles. The first-order valence-electron chi connectivity index (χ1n) is 9.03. The summed E-state index contributed by atoms with van der Waals surface area (Å²) in [6.07, 6.45) is 4.13. The van der Waals surface area contributed by atoms with Gasteiger partial charge in [-0.1, -0.05) is 50.1 Å². The van der Waals surface area contributed by atoms with Crippen LogP contribution in [0.4, 0.5) is 8.78 Å². The summed E-state index contributed by atoms with van der Waals surface area (Å²) in [5, 5.41) is 0. The number of hydrogen-bond acceptors (Lipinski definition) is 3. The molecule has 0 atom stereocenters. The Kier molecular flexibility index (Phi) is 7.99. The Morgan fingerprint density at radius 3 is 2.52 bits per heavy atom. The molecule has 0 N–H and O–H groups in total. The molecule has 0 aliphatic heterocycles. The first kappa shape index (κ1) is 20.6. The van der Waals surface area contributed by atoms with Crippen molar-refractivity contribution < 1.29 is 23.0 Å². The van der Waals surface area contributed by atoms with Gasteiger partial charge in [-0.25, -0.2) is 13.6 Å². The average Bonchev–Trinajstić information content (AvgIpc) is 2.68. The van der Waals surface area contributed by atoms with Crippen molar-refractivity contribution in [3.8, 4) is 5.75 Å². The minimum absolute atomic E-state index is 0.0420. The third-order valence-corrected chi connectivity index (χ3v) is 3.98. The van der Waals surface area contributed by atoms with Crippen molar-refractivity contribution in [2.75, 3.05) is 6.61 Å². The van der Waals surface area contributed by atoms with E-state index in [1.807, 2.05) is 18.2 Å². The number of halogens is 2. The maximum atomic E-state index is 14.7. The summed E-state index contributed by atoms with van der Waals surface area (Å²) in [6, 6.07) is 11.5. The summed E-state index contributed by atoms with van der Waals surface area (Å²) in [6.45, 7) is 3.96. The SMILES string of the molecule is CCCCCOC(=O)C(C)=Cc1ccc(F)c(OCc2ccccc2)c1F. The Hall–Kier alpha value is -2.69. The number of ether oxygens (including phenoxy) is 2. The van der Waals surface area contributed by atoms with Crippen molar-refractivity contribution in [2.24, 2.45) is 0 Å². The number of esters is 1. The maximum absolute atomic E-state index is 14.7. The second kappa shape index (κ2) is 10.5. The molecular formula is C22H24F2O3. The van der Waals surface area contributed by atoms with Gasteiger partial charge in [0.1, 0.15) is 6.61 Å².